The summed E-state index contributed by atoms with van der Waals surface area (Å²) in [6.07, 6.45) is 5.99. The van der Waals surface area contributed by atoms with E-state index in [0.717, 1.165) is 56.2 Å². The number of nitrogens with zero attached hydrogens (tertiary/aromatic N) is 4. The Balaban J connectivity index is 1.37. The van der Waals surface area contributed by atoms with Gasteiger partial charge in [-0.2, -0.15) is 0 Å². The lowest BCUT2D eigenvalue weighted by molar-refractivity contribution is 0.112. The van der Waals surface area contributed by atoms with E-state index in [9.17, 15) is 14.7 Å². The molecule has 0 amide bonds. The van der Waals surface area contributed by atoms with Crippen LogP contribution in [-0.4, -0.2) is 50.2 Å². The van der Waals surface area contributed by atoms with Crippen molar-refractivity contribution in [3.63, 3.8) is 0 Å². The van der Waals surface area contributed by atoms with Crippen LogP contribution < -0.4 is 11.0 Å². The van der Waals surface area contributed by atoms with Gasteiger partial charge in [-0.1, -0.05) is 18.9 Å². The van der Waals surface area contributed by atoms with Crippen molar-refractivity contribution in [3.05, 3.63) is 61.9 Å². The third-order valence-electron chi connectivity index (χ3n) is 7.65. The van der Waals surface area contributed by atoms with Crippen molar-refractivity contribution in [2.45, 2.75) is 57.7 Å². The Labute approximate surface area is 188 Å². The second-order valence-corrected chi connectivity index (χ2v) is 9.94. The van der Waals surface area contributed by atoms with Crippen LogP contribution in [0.5, 0.6) is 5.75 Å². The number of likely N-dealkylation sites (tertiary alicyclic amines) is 2. The lowest BCUT2D eigenvalue weighted by atomic mass is 9.83. The zero-order valence-electron chi connectivity index (χ0n) is 19.0. The van der Waals surface area contributed by atoms with Gasteiger partial charge in [0.2, 0.25) is 5.43 Å². The Morgan fingerprint density at radius 2 is 1.75 bits per heavy atom. The van der Waals surface area contributed by atoms with E-state index in [-0.39, 0.29) is 16.7 Å². The molecule has 172 valence electrons. The van der Waals surface area contributed by atoms with Crippen molar-refractivity contribution in [3.8, 4) is 5.75 Å². The van der Waals surface area contributed by atoms with E-state index in [4.69, 9.17) is 0 Å². The van der Waals surface area contributed by atoms with E-state index in [1.807, 2.05) is 22.2 Å². The molecule has 0 aromatic carbocycles. The minimum absolute atomic E-state index is 0.102. The highest BCUT2D eigenvalue weighted by molar-refractivity contribution is 5.30. The fourth-order valence-corrected chi connectivity index (χ4v) is 5.98. The van der Waals surface area contributed by atoms with Gasteiger partial charge in [0.05, 0.1) is 5.69 Å². The van der Waals surface area contributed by atoms with Crippen LogP contribution in [0.3, 0.4) is 0 Å². The van der Waals surface area contributed by atoms with Gasteiger partial charge in [-0.25, -0.2) is 0 Å². The van der Waals surface area contributed by atoms with E-state index in [2.05, 4.69) is 15.9 Å². The van der Waals surface area contributed by atoms with Crippen molar-refractivity contribution in [2.24, 2.45) is 13.0 Å². The molecule has 32 heavy (non-hydrogen) atoms. The highest BCUT2D eigenvalue weighted by Gasteiger charge is 2.34. The zero-order chi connectivity index (χ0) is 22.2. The summed E-state index contributed by atoms with van der Waals surface area (Å²) >= 11 is 0. The van der Waals surface area contributed by atoms with Crippen LogP contribution >= 0.6 is 0 Å². The van der Waals surface area contributed by atoms with Gasteiger partial charge in [0.15, 0.2) is 5.75 Å². The summed E-state index contributed by atoms with van der Waals surface area (Å²) in [6.45, 7) is 5.93. The summed E-state index contributed by atoms with van der Waals surface area (Å²) in [5, 5.41) is 10.6. The lowest BCUT2D eigenvalue weighted by Gasteiger charge is -2.43. The fraction of sp³-hybridized carbons (Fsp3) is 0.600. The number of pyridine rings is 2. The molecule has 0 aliphatic carbocycles. The number of rotatable bonds is 4. The molecule has 0 saturated carbocycles. The molecule has 0 unspecified atom stereocenters. The molecule has 7 heteroatoms. The molecule has 2 bridgehead atoms. The molecular weight excluding hydrogens is 404 g/mol. The molecule has 7 nitrogen and oxygen atoms in total. The van der Waals surface area contributed by atoms with Crippen LogP contribution in [0.25, 0.3) is 0 Å². The van der Waals surface area contributed by atoms with Crippen LogP contribution in [0.1, 0.15) is 55.1 Å². The Kier molecular flexibility index (Phi) is 5.95. The van der Waals surface area contributed by atoms with Crippen LogP contribution in [0.2, 0.25) is 0 Å². The first-order valence-electron chi connectivity index (χ1n) is 12.0. The summed E-state index contributed by atoms with van der Waals surface area (Å²) in [4.78, 5) is 29.7. The third-order valence-corrected chi connectivity index (χ3v) is 7.65. The Hall–Kier alpha value is -2.38. The summed E-state index contributed by atoms with van der Waals surface area (Å²) in [5.74, 6) is 0.693. The highest BCUT2D eigenvalue weighted by atomic mass is 16.3. The summed E-state index contributed by atoms with van der Waals surface area (Å²) in [6, 6.07) is 7.21. The Morgan fingerprint density at radius 3 is 2.53 bits per heavy atom. The average Bonchev–Trinajstić information content (AvgIpc) is 3.04. The SMILES string of the molecule is Cn1c(CN2C[C@H]3C[C@@H](C2)c2cccc(=O)n2C3)cc(=O)c(O)c1CN1CCCCCC1. The smallest absolute Gasteiger partial charge is 0.250 e. The van der Waals surface area contributed by atoms with Gasteiger partial charge in [-0.05, 0) is 44.3 Å². The largest absolute Gasteiger partial charge is 0.503 e. The second kappa shape index (κ2) is 8.87. The number of piperidine rings is 1. The van der Waals surface area contributed by atoms with Crippen LogP contribution in [-0.2, 0) is 26.7 Å². The van der Waals surface area contributed by atoms with E-state index in [0.29, 0.717) is 24.9 Å². The number of aromatic nitrogens is 2. The molecule has 5 heterocycles. The molecule has 3 aliphatic heterocycles. The van der Waals surface area contributed by atoms with Crippen LogP contribution in [0, 0.1) is 5.92 Å². The first-order valence-corrected chi connectivity index (χ1v) is 12.0. The molecule has 2 aromatic heterocycles. The van der Waals surface area contributed by atoms with Gasteiger partial charge in [-0.3, -0.25) is 19.4 Å². The van der Waals surface area contributed by atoms with Gasteiger partial charge in [0.1, 0.15) is 0 Å². The first-order chi connectivity index (χ1) is 15.5. The monoisotopic (exact) mass is 438 g/mol. The van der Waals surface area contributed by atoms with Gasteiger partial charge < -0.3 is 14.2 Å². The van der Waals surface area contributed by atoms with Crippen molar-refractivity contribution < 1.29 is 5.11 Å². The van der Waals surface area contributed by atoms with Crippen molar-refractivity contribution >= 4 is 0 Å². The van der Waals surface area contributed by atoms with Crippen molar-refractivity contribution in [1.82, 2.24) is 18.9 Å². The molecule has 2 fully saturated rings. The molecule has 2 saturated heterocycles. The van der Waals surface area contributed by atoms with E-state index in [1.165, 1.54) is 25.7 Å². The predicted octanol–water partition coefficient (Wildman–Crippen LogP) is 2.25. The van der Waals surface area contributed by atoms with Gasteiger partial charge in [-0.15, -0.1) is 0 Å². The van der Waals surface area contributed by atoms with Crippen molar-refractivity contribution in [1.29, 1.82) is 0 Å². The molecular formula is C25H34N4O3. The van der Waals surface area contributed by atoms with E-state index >= 15 is 0 Å². The van der Waals surface area contributed by atoms with Gasteiger partial charge in [0, 0.05) is 69.2 Å². The normalized spacial score (nSPS) is 24.2. The van der Waals surface area contributed by atoms with Gasteiger partial charge in [0.25, 0.3) is 5.56 Å². The first kappa shape index (κ1) is 21.5. The zero-order valence-corrected chi connectivity index (χ0v) is 19.0. The molecule has 1 N–H and O–H groups in total. The minimum atomic E-state index is -0.281. The number of hydrogen-bond acceptors (Lipinski definition) is 5. The highest BCUT2D eigenvalue weighted by Crippen LogP contribution is 2.35. The lowest BCUT2D eigenvalue weighted by Crippen LogP contribution is -2.47. The predicted molar refractivity (Wildman–Crippen MR) is 124 cm³/mol. The van der Waals surface area contributed by atoms with Crippen LogP contribution in [0.15, 0.2) is 33.9 Å². The van der Waals surface area contributed by atoms with E-state index < -0.39 is 0 Å². The minimum Gasteiger partial charge on any atom is -0.503 e. The third kappa shape index (κ3) is 4.16. The number of hydrogen-bond donors (Lipinski definition) is 1. The average molecular weight is 439 g/mol. The molecule has 5 rings (SSSR count). The Bertz CT molecular complexity index is 1100. The van der Waals surface area contributed by atoms with E-state index in [1.54, 1.807) is 12.1 Å². The maximum absolute atomic E-state index is 12.6. The maximum Gasteiger partial charge on any atom is 0.250 e. The molecule has 0 spiro atoms. The fourth-order valence-electron chi connectivity index (χ4n) is 5.98. The van der Waals surface area contributed by atoms with Crippen LogP contribution in [0.4, 0.5) is 0 Å². The molecule has 2 aromatic rings. The number of aromatic hydroxyl groups is 1. The summed E-state index contributed by atoms with van der Waals surface area (Å²) in [5.41, 5.74) is 2.63. The standard InChI is InChI=1S/C25H34N4O3/c1-26-20(12-23(30)25(32)22(26)17-27-9-4-2-3-5-10-27)16-28-13-18-11-19(15-28)21-7-6-8-24(31)29(21)14-18/h6-8,12,18-19,32H,2-5,9-11,13-17H2,1H3/t18-,19+/m1/s1. The quantitative estimate of drug-likeness (QED) is 0.793. The summed E-state index contributed by atoms with van der Waals surface area (Å²) in [7, 11) is 1.97. The maximum atomic E-state index is 12.6. The molecule has 3 aliphatic rings. The second-order valence-electron chi connectivity index (χ2n) is 9.94. The molecule has 2 atom stereocenters. The Morgan fingerprint density at radius 1 is 0.969 bits per heavy atom. The van der Waals surface area contributed by atoms with Crippen molar-refractivity contribution in [2.75, 3.05) is 26.2 Å². The van der Waals surface area contributed by atoms with Gasteiger partial charge >= 0.3 is 0 Å². The summed E-state index contributed by atoms with van der Waals surface area (Å²) < 4.78 is 3.98. The molecule has 0 radical (unpaired) electrons. The topological polar surface area (TPSA) is 70.7 Å². The number of fused-ring (bicyclic) bond motifs is 4.